The molecule has 7 heteroatoms. The Balaban J connectivity index is 1.76. The van der Waals surface area contributed by atoms with Crippen molar-refractivity contribution in [1.29, 1.82) is 0 Å². The quantitative estimate of drug-likeness (QED) is 0.681. The first-order valence-corrected chi connectivity index (χ1v) is 7.57. The lowest BCUT2D eigenvalue weighted by Gasteiger charge is -2.29. The van der Waals surface area contributed by atoms with Gasteiger partial charge in [-0.3, -0.25) is 4.79 Å². The summed E-state index contributed by atoms with van der Waals surface area (Å²) >= 11 is 11.9. The lowest BCUT2D eigenvalue weighted by atomic mass is 10.2. The van der Waals surface area contributed by atoms with Gasteiger partial charge in [-0.2, -0.15) is 0 Å². The van der Waals surface area contributed by atoms with Crippen LogP contribution < -0.4 is 15.0 Å². The van der Waals surface area contributed by atoms with Crippen molar-refractivity contribution >= 4 is 46.5 Å². The molecule has 5 nitrogen and oxygen atoms in total. The maximum absolute atomic E-state index is 12.2. The first-order chi connectivity index (χ1) is 11.0. The van der Waals surface area contributed by atoms with Crippen LogP contribution in [0.1, 0.15) is 0 Å². The third-order valence-corrected chi connectivity index (χ3v) is 3.72. The van der Waals surface area contributed by atoms with Crippen molar-refractivity contribution in [3.8, 4) is 5.75 Å². The highest BCUT2D eigenvalue weighted by Gasteiger charge is 2.25. The normalized spacial score (nSPS) is 13.3. The Hall–Kier alpha value is -2.24. The van der Waals surface area contributed by atoms with E-state index in [4.69, 9.17) is 27.9 Å². The number of esters is 1. The maximum atomic E-state index is 12.2. The van der Waals surface area contributed by atoms with E-state index >= 15 is 0 Å². The molecule has 0 unspecified atom stereocenters. The Morgan fingerprint density at radius 3 is 2.74 bits per heavy atom. The van der Waals surface area contributed by atoms with E-state index in [2.05, 4.69) is 5.32 Å². The Morgan fingerprint density at radius 2 is 1.96 bits per heavy atom. The molecular formula is C16H12Cl2N2O3. The van der Waals surface area contributed by atoms with Gasteiger partial charge >= 0.3 is 5.97 Å². The summed E-state index contributed by atoms with van der Waals surface area (Å²) in [6.45, 7) is -0.0226. The largest absolute Gasteiger partial charge is 0.423 e. The molecule has 0 fully saturated rings. The van der Waals surface area contributed by atoms with E-state index in [0.717, 1.165) is 0 Å². The van der Waals surface area contributed by atoms with E-state index in [1.54, 1.807) is 47.4 Å². The molecule has 0 saturated heterocycles. The number of hydrogen-bond acceptors (Lipinski definition) is 4. The molecule has 1 aliphatic rings. The van der Waals surface area contributed by atoms with Crippen molar-refractivity contribution in [3.05, 3.63) is 52.5 Å². The number of halogens is 2. The number of hydrogen-bond donors (Lipinski definition) is 1. The Labute approximate surface area is 142 Å². The van der Waals surface area contributed by atoms with Crippen LogP contribution in [0, 0.1) is 0 Å². The fourth-order valence-corrected chi connectivity index (χ4v) is 2.66. The SMILES string of the molecule is O=C(CN1CC(=O)Oc2ccc(Cl)cc21)Nc1cccc(Cl)c1. The van der Waals surface area contributed by atoms with Crippen LogP contribution in [0.3, 0.4) is 0 Å². The maximum Gasteiger partial charge on any atom is 0.331 e. The molecule has 2 aromatic carbocycles. The predicted octanol–water partition coefficient (Wildman–Crippen LogP) is 3.36. The molecule has 1 amide bonds. The van der Waals surface area contributed by atoms with Gasteiger partial charge < -0.3 is 15.0 Å². The van der Waals surface area contributed by atoms with Crippen LogP contribution in [-0.4, -0.2) is 25.0 Å². The monoisotopic (exact) mass is 350 g/mol. The molecule has 1 N–H and O–H groups in total. The molecule has 0 aromatic heterocycles. The van der Waals surface area contributed by atoms with Gasteiger partial charge in [0, 0.05) is 15.7 Å². The summed E-state index contributed by atoms with van der Waals surface area (Å²) < 4.78 is 5.14. The molecule has 118 valence electrons. The summed E-state index contributed by atoms with van der Waals surface area (Å²) in [7, 11) is 0. The summed E-state index contributed by atoms with van der Waals surface area (Å²) in [5.74, 6) is -0.301. The van der Waals surface area contributed by atoms with Gasteiger partial charge in [0.05, 0.1) is 12.2 Å². The number of anilines is 2. The van der Waals surface area contributed by atoms with E-state index in [-0.39, 0.29) is 19.0 Å². The van der Waals surface area contributed by atoms with E-state index < -0.39 is 5.97 Å². The van der Waals surface area contributed by atoms with Crippen molar-refractivity contribution in [2.45, 2.75) is 0 Å². The standard InChI is InChI=1S/C16H12Cl2N2O3/c17-10-2-1-3-12(6-10)19-15(21)8-20-9-16(22)23-14-5-4-11(18)7-13(14)20/h1-7H,8-9H2,(H,19,21). The van der Waals surface area contributed by atoms with Crippen LogP contribution in [0.4, 0.5) is 11.4 Å². The second kappa shape index (κ2) is 6.48. The van der Waals surface area contributed by atoms with Gasteiger partial charge in [0.25, 0.3) is 0 Å². The molecule has 0 atom stereocenters. The Bertz CT molecular complexity index is 780. The topological polar surface area (TPSA) is 58.6 Å². The number of carbonyl (C=O) groups excluding carboxylic acids is 2. The third kappa shape index (κ3) is 3.75. The van der Waals surface area contributed by atoms with Crippen molar-refractivity contribution in [2.24, 2.45) is 0 Å². The van der Waals surface area contributed by atoms with E-state index in [9.17, 15) is 9.59 Å². The molecular weight excluding hydrogens is 339 g/mol. The summed E-state index contributed by atoms with van der Waals surface area (Å²) in [6, 6.07) is 11.7. The number of ether oxygens (including phenoxy) is 1. The molecule has 1 heterocycles. The third-order valence-electron chi connectivity index (χ3n) is 3.25. The summed E-state index contributed by atoms with van der Waals surface area (Å²) in [4.78, 5) is 25.5. The zero-order chi connectivity index (χ0) is 16.4. The van der Waals surface area contributed by atoms with Gasteiger partial charge in [-0.1, -0.05) is 29.3 Å². The molecule has 0 saturated carbocycles. The van der Waals surface area contributed by atoms with Gasteiger partial charge in [-0.25, -0.2) is 4.79 Å². The predicted molar refractivity (Wildman–Crippen MR) is 89.4 cm³/mol. The van der Waals surface area contributed by atoms with Gasteiger partial charge in [-0.05, 0) is 36.4 Å². The summed E-state index contributed by atoms with van der Waals surface area (Å²) in [6.07, 6.45) is 0. The fourth-order valence-electron chi connectivity index (χ4n) is 2.30. The smallest absolute Gasteiger partial charge is 0.331 e. The first kappa shape index (κ1) is 15.6. The Kier molecular flexibility index (Phi) is 4.41. The fraction of sp³-hybridized carbons (Fsp3) is 0.125. The number of carbonyl (C=O) groups is 2. The van der Waals surface area contributed by atoms with E-state index in [1.807, 2.05) is 0 Å². The summed E-state index contributed by atoms with van der Waals surface area (Å²) in [5, 5.41) is 3.77. The minimum absolute atomic E-state index is 0.00500. The molecule has 0 radical (unpaired) electrons. The van der Waals surface area contributed by atoms with Crippen molar-refractivity contribution in [3.63, 3.8) is 0 Å². The molecule has 0 spiro atoms. The number of nitrogens with zero attached hydrogens (tertiary/aromatic N) is 1. The van der Waals surface area contributed by atoms with Gasteiger partial charge in [0.2, 0.25) is 5.91 Å². The van der Waals surface area contributed by atoms with Crippen molar-refractivity contribution in [2.75, 3.05) is 23.3 Å². The van der Waals surface area contributed by atoms with E-state index in [1.165, 1.54) is 0 Å². The van der Waals surface area contributed by atoms with Crippen LogP contribution in [0.5, 0.6) is 5.75 Å². The number of fused-ring (bicyclic) bond motifs is 1. The van der Waals surface area contributed by atoms with Gasteiger partial charge in [0.1, 0.15) is 6.54 Å². The molecule has 0 aliphatic carbocycles. The molecule has 0 bridgehead atoms. The molecule has 1 aliphatic heterocycles. The van der Waals surface area contributed by atoms with Crippen molar-refractivity contribution in [1.82, 2.24) is 0 Å². The lowest BCUT2D eigenvalue weighted by Crippen LogP contribution is -2.41. The highest BCUT2D eigenvalue weighted by atomic mass is 35.5. The highest BCUT2D eigenvalue weighted by Crippen LogP contribution is 2.34. The number of rotatable bonds is 3. The second-order valence-electron chi connectivity index (χ2n) is 5.00. The number of benzene rings is 2. The average Bonchev–Trinajstić information content (AvgIpc) is 2.48. The number of nitrogens with one attached hydrogen (secondary N) is 1. The zero-order valence-corrected chi connectivity index (χ0v) is 13.4. The molecule has 2 aromatic rings. The van der Waals surface area contributed by atoms with Crippen LogP contribution in [0.15, 0.2) is 42.5 Å². The minimum atomic E-state index is -0.421. The lowest BCUT2D eigenvalue weighted by molar-refractivity contribution is -0.133. The Morgan fingerprint density at radius 1 is 1.17 bits per heavy atom. The average molecular weight is 351 g/mol. The van der Waals surface area contributed by atoms with Crippen LogP contribution in [0.2, 0.25) is 10.0 Å². The zero-order valence-electron chi connectivity index (χ0n) is 11.9. The van der Waals surface area contributed by atoms with Crippen LogP contribution >= 0.6 is 23.2 Å². The highest BCUT2D eigenvalue weighted by molar-refractivity contribution is 6.31. The number of amides is 1. The minimum Gasteiger partial charge on any atom is -0.423 e. The van der Waals surface area contributed by atoms with Crippen LogP contribution in [-0.2, 0) is 9.59 Å². The van der Waals surface area contributed by atoms with Crippen molar-refractivity contribution < 1.29 is 14.3 Å². The van der Waals surface area contributed by atoms with Gasteiger partial charge in [0.15, 0.2) is 5.75 Å². The molecule has 23 heavy (non-hydrogen) atoms. The van der Waals surface area contributed by atoms with Crippen LogP contribution in [0.25, 0.3) is 0 Å². The molecule has 3 rings (SSSR count). The first-order valence-electron chi connectivity index (χ1n) is 6.82. The van der Waals surface area contributed by atoms with E-state index in [0.29, 0.717) is 27.2 Å². The second-order valence-corrected chi connectivity index (χ2v) is 5.87. The summed E-state index contributed by atoms with van der Waals surface area (Å²) in [5.41, 5.74) is 1.20. The van der Waals surface area contributed by atoms with Gasteiger partial charge in [-0.15, -0.1) is 0 Å².